The molecule has 0 aliphatic carbocycles. The van der Waals surface area contributed by atoms with E-state index < -0.39 is 17.4 Å². The smallest absolute Gasteiger partial charge is 0.243 e. The highest BCUT2D eigenvalue weighted by Crippen LogP contribution is 2.23. The second-order valence-corrected chi connectivity index (χ2v) is 10.9. The molecule has 0 saturated carbocycles. The second kappa shape index (κ2) is 13.9. The molecule has 2 aromatic carbocycles. The van der Waals surface area contributed by atoms with Gasteiger partial charge in [-0.25, -0.2) is 0 Å². The van der Waals surface area contributed by atoms with Gasteiger partial charge in [0.25, 0.3) is 0 Å². The number of amides is 2. The maximum Gasteiger partial charge on any atom is 0.243 e. The molecule has 198 valence electrons. The van der Waals surface area contributed by atoms with Gasteiger partial charge in [0.05, 0.1) is 5.54 Å². The Balaban J connectivity index is 2.15. The lowest BCUT2D eigenvalue weighted by Gasteiger charge is -2.37. The maximum atomic E-state index is 13.3. The van der Waals surface area contributed by atoms with Gasteiger partial charge in [-0.2, -0.15) is 0 Å². The zero-order valence-electron chi connectivity index (χ0n) is 23.5. The molecule has 0 saturated heterocycles. The summed E-state index contributed by atoms with van der Waals surface area (Å²) < 4.78 is 5.95. The molecule has 0 heterocycles. The van der Waals surface area contributed by atoms with Crippen molar-refractivity contribution in [2.24, 2.45) is 5.92 Å². The number of benzene rings is 2. The van der Waals surface area contributed by atoms with Crippen molar-refractivity contribution in [3.05, 3.63) is 71.8 Å². The molecule has 1 atom stereocenters. The molecule has 0 aliphatic heterocycles. The van der Waals surface area contributed by atoms with Gasteiger partial charge in [-0.3, -0.25) is 9.59 Å². The Labute approximate surface area is 224 Å². The first-order valence-corrected chi connectivity index (χ1v) is 12.9. The SMILES string of the molecule is [B]C(=O)N(C)[C@@H](CC(C)C)C(=O)NC(C)(C)CN(CC=C(C)C)c1ccc(OCc2ccccc2)cc1. The summed E-state index contributed by atoms with van der Waals surface area (Å²) in [6, 6.07) is 17.5. The first kappa shape index (κ1) is 30.0. The van der Waals surface area contributed by atoms with Gasteiger partial charge in [0, 0.05) is 25.8 Å². The Morgan fingerprint density at radius 1 is 1.05 bits per heavy atom. The van der Waals surface area contributed by atoms with E-state index in [9.17, 15) is 9.59 Å². The molecular weight excluding hydrogens is 461 g/mol. The van der Waals surface area contributed by atoms with E-state index in [4.69, 9.17) is 12.6 Å². The molecule has 1 N–H and O–H groups in total. The summed E-state index contributed by atoms with van der Waals surface area (Å²) in [5.74, 6) is 0.219. The Morgan fingerprint density at radius 3 is 2.22 bits per heavy atom. The van der Waals surface area contributed by atoms with E-state index in [-0.39, 0.29) is 11.8 Å². The van der Waals surface area contributed by atoms with Crippen LogP contribution in [-0.4, -0.2) is 56.2 Å². The van der Waals surface area contributed by atoms with Crippen LogP contribution in [0.2, 0.25) is 0 Å². The first-order chi connectivity index (χ1) is 17.4. The van der Waals surface area contributed by atoms with Crippen molar-refractivity contribution < 1.29 is 14.3 Å². The average molecular weight is 503 g/mol. The summed E-state index contributed by atoms with van der Waals surface area (Å²) in [5, 5.41) is 3.16. The van der Waals surface area contributed by atoms with Crippen LogP contribution in [-0.2, 0) is 11.4 Å². The summed E-state index contributed by atoms with van der Waals surface area (Å²) in [6.45, 7) is 14.0. The molecule has 0 bridgehead atoms. The fourth-order valence-electron chi connectivity index (χ4n) is 4.02. The van der Waals surface area contributed by atoms with Crippen molar-refractivity contribution in [2.45, 2.75) is 66.2 Å². The Morgan fingerprint density at radius 2 is 1.68 bits per heavy atom. The van der Waals surface area contributed by atoms with Crippen LogP contribution >= 0.6 is 0 Å². The molecule has 0 unspecified atom stereocenters. The summed E-state index contributed by atoms with van der Waals surface area (Å²) >= 11 is 0. The van der Waals surface area contributed by atoms with Crippen molar-refractivity contribution in [3.63, 3.8) is 0 Å². The Hall–Kier alpha value is -3.22. The van der Waals surface area contributed by atoms with Gasteiger partial charge < -0.3 is 19.9 Å². The normalized spacial score (nSPS) is 12.0. The fourth-order valence-corrected chi connectivity index (χ4v) is 4.02. The molecule has 37 heavy (non-hydrogen) atoms. The number of anilines is 1. The molecular formula is C30H42BN3O3. The first-order valence-electron chi connectivity index (χ1n) is 12.9. The van der Waals surface area contributed by atoms with Gasteiger partial charge in [0.15, 0.2) is 5.81 Å². The Bertz CT molecular complexity index is 1030. The number of rotatable bonds is 13. The van der Waals surface area contributed by atoms with E-state index in [0.29, 0.717) is 26.1 Å². The average Bonchev–Trinajstić information content (AvgIpc) is 2.83. The fraction of sp³-hybridized carbons (Fsp3) is 0.467. The van der Waals surface area contributed by atoms with Crippen LogP contribution in [0.25, 0.3) is 0 Å². The molecule has 7 heteroatoms. The lowest BCUT2D eigenvalue weighted by molar-refractivity contribution is -0.127. The largest absolute Gasteiger partial charge is 0.489 e. The van der Waals surface area contributed by atoms with Gasteiger partial charge in [0.1, 0.15) is 18.4 Å². The molecule has 2 rings (SSSR count). The van der Waals surface area contributed by atoms with Crippen molar-refractivity contribution in [1.82, 2.24) is 10.2 Å². The number of carbonyl (C=O) groups excluding carboxylic acids is 2. The highest BCUT2D eigenvalue weighted by Gasteiger charge is 2.31. The van der Waals surface area contributed by atoms with E-state index in [2.05, 4.69) is 30.1 Å². The molecule has 2 amide bonds. The predicted molar refractivity (Wildman–Crippen MR) is 153 cm³/mol. The third-order valence-electron chi connectivity index (χ3n) is 6.03. The van der Waals surface area contributed by atoms with Gasteiger partial charge in [0.2, 0.25) is 13.8 Å². The van der Waals surface area contributed by atoms with Gasteiger partial charge in [-0.05, 0) is 69.9 Å². The zero-order valence-corrected chi connectivity index (χ0v) is 23.5. The van der Waals surface area contributed by atoms with Crippen LogP contribution in [0.1, 0.15) is 53.5 Å². The minimum Gasteiger partial charge on any atom is -0.489 e. The third kappa shape index (κ3) is 10.4. The lowest BCUT2D eigenvalue weighted by Crippen LogP contribution is -2.57. The summed E-state index contributed by atoms with van der Waals surface area (Å²) in [7, 11) is 7.06. The van der Waals surface area contributed by atoms with Gasteiger partial charge in [-0.15, -0.1) is 0 Å². The molecule has 6 nitrogen and oxygen atoms in total. The van der Waals surface area contributed by atoms with Crippen LogP contribution in [0.4, 0.5) is 10.5 Å². The van der Waals surface area contributed by atoms with E-state index >= 15 is 0 Å². The molecule has 0 fully saturated rings. The number of allylic oxidation sites excluding steroid dienone is 1. The van der Waals surface area contributed by atoms with Crippen LogP contribution in [0.5, 0.6) is 5.75 Å². The predicted octanol–water partition coefficient (Wildman–Crippen LogP) is 5.57. The van der Waals surface area contributed by atoms with E-state index in [1.165, 1.54) is 10.5 Å². The minimum absolute atomic E-state index is 0.202. The topological polar surface area (TPSA) is 61.9 Å². The number of nitrogens with one attached hydrogen (secondary N) is 1. The van der Waals surface area contributed by atoms with E-state index in [1.807, 2.05) is 82.3 Å². The number of nitrogens with zero attached hydrogens (tertiary/aromatic N) is 2. The third-order valence-corrected chi connectivity index (χ3v) is 6.03. The van der Waals surface area contributed by atoms with Gasteiger partial charge in [-0.1, -0.05) is 55.8 Å². The highest BCUT2D eigenvalue weighted by atomic mass is 16.5. The number of hydrogen-bond donors (Lipinski definition) is 1. The van der Waals surface area contributed by atoms with E-state index in [1.54, 1.807) is 7.05 Å². The number of carbonyl (C=O) groups is 2. The monoisotopic (exact) mass is 503 g/mol. The molecule has 2 aromatic rings. The number of ether oxygens (including phenoxy) is 1. The molecule has 0 aliphatic rings. The summed E-state index contributed by atoms with van der Waals surface area (Å²) in [4.78, 5) is 28.6. The summed E-state index contributed by atoms with van der Waals surface area (Å²) in [6.07, 6.45) is 2.70. The van der Waals surface area contributed by atoms with Crippen molar-refractivity contribution in [2.75, 3.05) is 25.0 Å². The number of hydrogen-bond acceptors (Lipinski definition) is 4. The van der Waals surface area contributed by atoms with Crippen molar-refractivity contribution in [1.29, 1.82) is 0 Å². The second-order valence-electron chi connectivity index (χ2n) is 10.9. The lowest BCUT2D eigenvalue weighted by atomic mass is 9.97. The minimum atomic E-state index is -0.621. The van der Waals surface area contributed by atoms with Crippen LogP contribution in [0.15, 0.2) is 66.2 Å². The Kier molecular flexibility index (Phi) is 11.3. The van der Waals surface area contributed by atoms with Gasteiger partial charge >= 0.3 is 0 Å². The van der Waals surface area contributed by atoms with Crippen molar-refractivity contribution in [3.8, 4) is 5.75 Å². The quantitative estimate of drug-likeness (QED) is 0.287. The van der Waals surface area contributed by atoms with Crippen LogP contribution < -0.4 is 15.0 Å². The highest BCUT2D eigenvalue weighted by molar-refractivity contribution is 6.57. The van der Waals surface area contributed by atoms with Crippen LogP contribution in [0.3, 0.4) is 0 Å². The van der Waals surface area contributed by atoms with E-state index in [0.717, 1.165) is 17.0 Å². The molecule has 0 aromatic heterocycles. The molecule has 0 spiro atoms. The zero-order chi connectivity index (χ0) is 27.6. The maximum absolute atomic E-state index is 13.3. The number of likely N-dealkylation sites (N-methyl/N-ethyl adjacent to an activating group) is 1. The standard InChI is InChI=1S/C30H42BN3O3/c1-22(2)17-18-34(25-13-15-26(16-14-25)37-20-24-11-9-8-10-12-24)21-30(5,6)32-28(35)27(19-23(3)4)33(7)29(31)36/h8-17,23,27H,18-21H2,1-7H3,(H,32,35)/t27-/m0/s1. The summed E-state index contributed by atoms with van der Waals surface area (Å²) in [5.41, 5.74) is 2.80. The molecule has 2 radical (unpaired) electrons. The van der Waals surface area contributed by atoms with Crippen molar-refractivity contribution >= 4 is 25.2 Å². The van der Waals surface area contributed by atoms with Crippen LogP contribution in [0, 0.1) is 5.92 Å².